The molecule has 6 rings (SSSR count). The van der Waals surface area contributed by atoms with Gasteiger partial charge in [0.1, 0.15) is 6.61 Å². The Morgan fingerprint density at radius 3 is 2.43 bits per heavy atom. The summed E-state index contributed by atoms with van der Waals surface area (Å²) in [6.45, 7) is 2.30. The van der Waals surface area contributed by atoms with Crippen molar-refractivity contribution >= 4 is 56.6 Å². The summed E-state index contributed by atoms with van der Waals surface area (Å²) in [7, 11) is 1.58. The molecule has 232 valence electrons. The Morgan fingerprint density at radius 1 is 1.00 bits per heavy atom. The number of rotatable bonds is 9. The van der Waals surface area contributed by atoms with Crippen LogP contribution in [0.3, 0.4) is 0 Å². The molecule has 0 amide bonds. The Balaban J connectivity index is 1.46. The Kier molecular flexibility index (Phi) is 9.53. The molecule has 0 saturated carbocycles. The van der Waals surface area contributed by atoms with Crippen molar-refractivity contribution in [2.24, 2.45) is 4.99 Å². The van der Waals surface area contributed by atoms with E-state index in [9.17, 15) is 9.59 Å². The molecular weight excluding hydrogens is 688 g/mol. The van der Waals surface area contributed by atoms with Crippen LogP contribution in [0, 0.1) is 0 Å². The minimum Gasteiger partial charge on any atom is -0.493 e. The first kappa shape index (κ1) is 31.5. The molecule has 0 N–H and O–H groups in total. The number of carbonyl (C=O) groups excluding carboxylic acids is 1. The highest BCUT2D eigenvalue weighted by Crippen LogP contribution is 2.35. The summed E-state index contributed by atoms with van der Waals surface area (Å²) in [5.74, 6) is 0.579. The molecule has 5 aromatic rings. The number of methoxy groups -OCH3 is 1. The lowest BCUT2D eigenvalue weighted by atomic mass is 9.93. The van der Waals surface area contributed by atoms with Gasteiger partial charge in [-0.15, -0.1) is 0 Å². The summed E-state index contributed by atoms with van der Waals surface area (Å²) in [5, 5.41) is 0.541. The second-order valence-corrected chi connectivity index (χ2v) is 12.7. The summed E-state index contributed by atoms with van der Waals surface area (Å²) in [6.07, 6.45) is 1.79. The maximum absolute atomic E-state index is 14.2. The van der Waals surface area contributed by atoms with E-state index in [1.807, 2.05) is 84.9 Å². The van der Waals surface area contributed by atoms with Crippen molar-refractivity contribution in [2.45, 2.75) is 19.6 Å². The van der Waals surface area contributed by atoms with Gasteiger partial charge in [0.25, 0.3) is 5.56 Å². The van der Waals surface area contributed by atoms with E-state index < -0.39 is 12.0 Å². The maximum atomic E-state index is 14.2. The monoisotopic (exact) mass is 714 g/mol. The van der Waals surface area contributed by atoms with E-state index in [2.05, 4.69) is 15.9 Å². The molecule has 0 fully saturated rings. The highest BCUT2D eigenvalue weighted by atomic mass is 79.9. The Bertz CT molecular complexity index is 2110. The van der Waals surface area contributed by atoms with E-state index in [0.29, 0.717) is 43.7 Å². The topological polar surface area (TPSA) is 79.1 Å². The average Bonchev–Trinajstić information content (AvgIpc) is 3.38. The number of halogens is 2. The molecule has 0 saturated heterocycles. The van der Waals surface area contributed by atoms with Crippen molar-refractivity contribution in [3.05, 3.63) is 154 Å². The van der Waals surface area contributed by atoms with Crippen molar-refractivity contribution in [2.75, 3.05) is 13.7 Å². The van der Waals surface area contributed by atoms with Crippen LogP contribution in [0.2, 0.25) is 5.02 Å². The summed E-state index contributed by atoms with van der Waals surface area (Å²) < 4.78 is 20.2. The predicted octanol–water partition coefficient (Wildman–Crippen LogP) is 6.94. The highest BCUT2D eigenvalue weighted by molar-refractivity contribution is 9.10. The third kappa shape index (κ3) is 6.58. The van der Waals surface area contributed by atoms with E-state index in [1.165, 1.54) is 11.3 Å². The number of aromatic nitrogens is 1. The van der Waals surface area contributed by atoms with Gasteiger partial charge in [-0.1, -0.05) is 99.5 Å². The van der Waals surface area contributed by atoms with E-state index >= 15 is 0 Å². The first-order valence-electron chi connectivity index (χ1n) is 14.5. The van der Waals surface area contributed by atoms with Gasteiger partial charge >= 0.3 is 5.97 Å². The van der Waals surface area contributed by atoms with Gasteiger partial charge in [-0.25, -0.2) is 9.79 Å². The van der Waals surface area contributed by atoms with Crippen molar-refractivity contribution in [3.8, 4) is 11.5 Å². The minimum absolute atomic E-state index is 0.173. The minimum atomic E-state index is -0.783. The van der Waals surface area contributed by atoms with Crippen LogP contribution in [0.15, 0.2) is 117 Å². The number of ether oxygens (including phenoxy) is 3. The standard InChI is InChI=1S/C36H28BrClN2O5S/c1-3-44-35(42)31-32(24-7-5-4-6-8-24)39-36-40(33(31)25-12-16-27(38)17-13-25)34(41)30(46-36)20-23-11-18-28(29(19-23)43-2)45-21-22-9-14-26(37)15-10-22/h4-20,33H,3,21H2,1-2H3/b30-20-/t33-/m0/s1. The number of hydrogen-bond donors (Lipinski definition) is 0. The van der Waals surface area contributed by atoms with Crippen LogP contribution >= 0.6 is 38.9 Å². The van der Waals surface area contributed by atoms with Gasteiger partial charge < -0.3 is 14.2 Å². The Labute approximate surface area is 282 Å². The smallest absolute Gasteiger partial charge is 0.338 e. The number of benzene rings is 4. The fraction of sp³-hybridized carbons (Fsp3) is 0.139. The van der Waals surface area contributed by atoms with E-state index in [1.54, 1.807) is 36.8 Å². The van der Waals surface area contributed by atoms with Gasteiger partial charge in [-0.2, -0.15) is 0 Å². The molecular formula is C36H28BrClN2O5S. The normalized spacial score (nSPS) is 14.4. The molecule has 1 aliphatic rings. The molecule has 1 aromatic heterocycles. The molecule has 4 aromatic carbocycles. The average molecular weight is 716 g/mol. The first-order valence-corrected chi connectivity index (χ1v) is 16.4. The number of fused-ring (bicyclic) bond motifs is 1. The predicted molar refractivity (Wildman–Crippen MR) is 184 cm³/mol. The fourth-order valence-corrected chi connectivity index (χ4v) is 6.58. The summed E-state index contributed by atoms with van der Waals surface area (Å²) in [6, 6.07) is 29.2. The third-order valence-electron chi connectivity index (χ3n) is 7.35. The van der Waals surface area contributed by atoms with Crippen LogP contribution in [0.1, 0.15) is 35.2 Å². The molecule has 0 bridgehead atoms. The van der Waals surface area contributed by atoms with Crippen LogP contribution in [-0.2, 0) is 16.1 Å². The number of esters is 1. The van der Waals surface area contributed by atoms with Crippen molar-refractivity contribution < 1.29 is 19.0 Å². The zero-order valence-corrected chi connectivity index (χ0v) is 28.1. The van der Waals surface area contributed by atoms with Crippen LogP contribution in [0.5, 0.6) is 11.5 Å². The van der Waals surface area contributed by atoms with Crippen LogP contribution in [0.4, 0.5) is 0 Å². The molecule has 0 spiro atoms. The fourth-order valence-electron chi connectivity index (χ4n) is 5.19. The number of nitrogens with zero attached hydrogens (tertiary/aromatic N) is 2. The summed E-state index contributed by atoms with van der Waals surface area (Å²) in [4.78, 5) is 33.1. The second-order valence-electron chi connectivity index (χ2n) is 10.3. The molecule has 7 nitrogen and oxygen atoms in total. The number of hydrogen-bond acceptors (Lipinski definition) is 7. The molecule has 0 unspecified atom stereocenters. The number of thiazole rings is 1. The van der Waals surface area contributed by atoms with Crippen LogP contribution in [0.25, 0.3) is 11.8 Å². The third-order valence-corrected chi connectivity index (χ3v) is 9.12. The lowest BCUT2D eigenvalue weighted by Crippen LogP contribution is -2.40. The molecule has 1 atom stereocenters. The maximum Gasteiger partial charge on any atom is 0.338 e. The first-order chi connectivity index (χ1) is 22.4. The SMILES string of the molecule is CCOC(=O)C1=C(c2ccccc2)N=c2s/c(=C\c3ccc(OCc4ccc(Br)cc4)c(OC)c3)c(=O)n2[C@H]1c1ccc(Cl)cc1. The molecule has 0 radical (unpaired) electrons. The van der Waals surface area contributed by atoms with Crippen LogP contribution in [-0.4, -0.2) is 24.3 Å². The quantitative estimate of drug-likeness (QED) is 0.155. The van der Waals surface area contributed by atoms with Crippen LogP contribution < -0.4 is 24.4 Å². The van der Waals surface area contributed by atoms with E-state index in [0.717, 1.165) is 21.2 Å². The van der Waals surface area contributed by atoms with Crippen molar-refractivity contribution in [3.63, 3.8) is 0 Å². The van der Waals surface area contributed by atoms with Gasteiger partial charge in [-0.3, -0.25) is 9.36 Å². The zero-order valence-electron chi connectivity index (χ0n) is 24.9. The summed E-state index contributed by atoms with van der Waals surface area (Å²) >= 11 is 10.9. The molecule has 0 aliphatic carbocycles. The largest absolute Gasteiger partial charge is 0.493 e. The van der Waals surface area contributed by atoms with Crippen molar-refractivity contribution in [1.29, 1.82) is 0 Å². The van der Waals surface area contributed by atoms with E-state index in [-0.39, 0.29) is 17.7 Å². The molecule has 2 heterocycles. The van der Waals surface area contributed by atoms with Gasteiger partial charge in [0.2, 0.25) is 0 Å². The van der Waals surface area contributed by atoms with Gasteiger partial charge in [-0.05, 0) is 66.1 Å². The van der Waals surface area contributed by atoms with Gasteiger partial charge in [0, 0.05) is 15.1 Å². The second kappa shape index (κ2) is 13.9. The molecule has 1 aliphatic heterocycles. The highest BCUT2D eigenvalue weighted by Gasteiger charge is 2.35. The van der Waals surface area contributed by atoms with Gasteiger partial charge in [0.15, 0.2) is 16.3 Å². The van der Waals surface area contributed by atoms with Crippen molar-refractivity contribution in [1.82, 2.24) is 4.57 Å². The lowest BCUT2D eigenvalue weighted by Gasteiger charge is -2.25. The Hall–Kier alpha value is -4.44. The molecule has 10 heteroatoms. The molecule has 46 heavy (non-hydrogen) atoms. The zero-order chi connectivity index (χ0) is 32.2. The van der Waals surface area contributed by atoms with Gasteiger partial charge in [0.05, 0.1) is 35.6 Å². The summed E-state index contributed by atoms with van der Waals surface area (Å²) in [5.41, 5.74) is 3.66. The number of carbonyl (C=O) groups is 1. The Morgan fingerprint density at radius 2 is 1.74 bits per heavy atom. The van der Waals surface area contributed by atoms with E-state index in [4.69, 9.17) is 30.8 Å². The lowest BCUT2D eigenvalue weighted by molar-refractivity contribution is -0.138.